The van der Waals surface area contributed by atoms with Gasteiger partial charge in [0.05, 0.1) is 16.8 Å². The van der Waals surface area contributed by atoms with Crippen LogP contribution in [0.25, 0.3) is 10.9 Å². The van der Waals surface area contributed by atoms with Crippen molar-refractivity contribution in [2.75, 3.05) is 4.72 Å². The number of aryl methyl sites for hydroxylation is 1. The highest BCUT2D eigenvalue weighted by molar-refractivity contribution is 7.92. The second-order valence-corrected chi connectivity index (χ2v) is 6.57. The molecule has 0 amide bonds. The van der Waals surface area contributed by atoms with E-state index in [1.807, 2.05) is 6.92 Å². The Kier molecular flexibility index (Phi) is 3.50. The van der Waals surface area contributed by atoms with Crippen molar-refractivity contribution < 1.29 is 12.8 Å². The number of benzene rings is 2. The standard InChI is InChI=1S/C15H11FN4O2S/c1-9-12-6-5-11(7-13(12)19-18-9)20-23(21,22)14-4-2-3-10(8-17)15(14)16/h2-7,20H,1H3,(H,18,19). The van der Waals surface area contributed by atoms with Gasteiger partial charge in [0, 0.05) is 11.1 Å². The molecule has 0 fully saturated rings. The van der Waals surface area contributed by atoms with Crippen molar-refractivity contribution in [2.24, 2.45) is 0 Å². The fraction of sp³-hybridized carbons (Fsp3) is 0.0667. The zero-order valence-corrected chi connectivity index (χ0v) is 12.8. The van der Waals surface area contributed by atoms with E-state index in [0.717, 1.165) is 17.1 Å². The second-order valence-electron chi connectivity index (χ2n) is 4.92. The number of nitriles is 1. The van der Waals surface area contributed by atoms with Crippen LogP contribution in [0.2, 0.25) is 0 Å². The summed E-state index contributed by atoms with van der Waals surface area (Å²) in [4.78, 5) is -0.574. The smallest absolute Gasteiger partial charge is 0.264 e. The Labute approximate surface area is 131 Å². The van der Waals surface area contributed by atoms with Gasteiger partial charge in [-0.05, 0) is 37.3 Å². The highest BCUT2D eigenvalue weighted by Gasteiger charge is 2.21. The Bertz CT molecular complexity index is 1050. The molecule has 0 saturated heterocycles. The number of fused-ring (bicyclic) bond motifs is 1. The summed E-state index contributed by atoms with van der Waals surface area (Å²) < 4.78 is 41.1. The number of halogens is 1. The van der Waals surface area contributed by atoms with Gasteiger partial charge in [0.2, 0.25) is 0 Å². The topological polar surface area (TPSA) is 98.6 Å². The van der Waals surface area contributed by atoms with Gasteiger partial charge in [-0.3, -0.25) is 9.82 Å². The third-order valence-corrected chi connectivity index (χ3v) is 4.77. The van der Waals surface area contributed by atoms with Crippen LogP contribution in [0, 0.1) is 24.1 Å². The van der Waals surface area contributed by atoms with E-state index in [0.29, 0.717) is 5.52 Å². The Morgan fingerprint density at radius 1 is 1.30 bits per heavy atom. The minimum absolute atomic E-state index is 0.255. The summed E-state index contributed by atoms with van der Waals surface area (Å²) in [5.41, 5.74) is 1.38. The van der Waals surface area contributed by atoms with E-state index in [1.54, 1.807) is 24.3 Å². The molecule has 2 N–H and O–H groups in total. The van der Waals surface area contributed by atoms with E-state index in [9.17, 15) is 12.8 Å². The van der Waals surface area contributed by atoms with Crippen LogP contribution >= 0.6 is 0 Å². The minimum Gasteiger partial charge on any atom is -0.282 e. The first-order valence-electron chi connectivity index (χ1n) is 6.58. The lowest BCUT2D eigenvalue weighted by molar-refractivity contribution is 0.568. The monoisotopic (exact) mass is 330 g/mol. The molecule has 1 heterocycles. The van der Waals surface area contributed by atoms with E-state index in [4.69, 9.17) is 5.26 Å². The molecule has 2 aromatic carbocycles. The maximum absolute atomic E-state index is 14.1. The van der Waals surface area contributed by atoms with Crippen LogP contribution in [-0.4, -0.2) is 18.6 Å². The maximum Gasteiger partial charge on any atom is 0.264 e. The number of sulfonamides is 1. The van der Waals surface area contributed by atoms with Crippen molar-refractivity contribution in [3.05, 3.63) is 53.5 Å². The molecular weight excluding hydrogens is 319 g/mol. The first-order valence-corrected chi connectivity index (χ1v) is 8.07. The van der Waals surface area contributed by atoms with E-state index >= 15 is 0 Å². The minimum atomic E-state index is -4.15. The van der Waals surface area contributed by atoms with Gasteiger partial charge in [0.15, 0.2) is 5.82 Å². The van der Waals surface area contributed by atoms with Gasteiger partial charge < -0.3 is 0 Å². The molecule has 23 heavy (non-hydrogen) atoms. The Balaban J connectivity index is 2.02. The largest absolute Gasteiger partial charge is 0.282 e. The number of hydrogen-bond acceptors (Lipinski definition) is 4. The predicted molar refractivity (Wildman–Crippen MR) is 82.8 cm³/mol. The van der Waals surface area contributed by atoms with E-state index in [2.05, 4.69) is 14.9 Å². The number of nitrogens with one attached hydrogen (secondary N) is 2. The highest BCUT2D eigenvalue weighted by Crippen LogP contribution is 2.24. The maximum atomic E-state index is 14.1. The molecule has 0 aliphatic rings. The molecule has 8 heteroatoms. The van der Waals surface area contributed by atoms with Crippen molar-refractivity contribution in [1.82, 2.24) is 10.2 Å². The predicted octanol–water partition coefficient (Wildman–Crippen LogP) is 2.68. The summed E-state index contributed by atoms with van der Waals surface area (Å²) in [5, 5.41) is 16.5. The quantitative estimate of drug-likeness (QED) is 0.771. The van der Waals surface area contributed by atoms with Crippen LogP contribution in [0.5, 0.6) is 0 Å². The SMILES string of the molecule is Cc1[nH]nc2cc(NS(=O)(=O)c3cccc(C#N)c3F)ccc12. The van der Waals surface area contributed by atoms with Crippen LogP contribution < -0.4 is 4.72 Å². The molecule has 0 spiro atoms. The van der Waals surface area contributed by atoms with Crippen LogP contribution in [0.1, 0.15) is 11.3 Å². The average molecular weight is 330 g/mol. The highest BCUT2D eigenvalue weighted by atomic mass is 32.2. The van der Waals surface area contributed by atoms with Crippen LogP contribution in [0.15, 0.2) is 41.3 Å². The molecule has 0 bridgehead atoms. The van der Waals surface area contributed by atoms with Crippen molar-refractivity contribution in [2.45, 2.75) is 11.8 Å². The lowest BCUT2D eigenvalue weighted by Gasteiger charge is -2.09. The summed E-state index contributed by atoms with van der Waals surface area (Å²) in [6, 6.07) is 10.1. The van der Waals surface area contributed by atoms with Crippen LogP contribution in [0.3, 0.4) is 0 Å². The van der Waals surface area contributed by atoms with Crippen molar-refractivity contribution in [3.63, 3.8) is 0 Å². The van der Waals surface area contributed by atoms with Gasteiger partial charge in [0.1, 0.15) is 11.0 Å². The van der Waals surface area contributed by atoms with Crippen molar-refractivity contribution in [1.29, 1.82) is 5.26 Å². The summed E-state index contributed by atoms with van der Waals surface area (Å²) in [7, 11) is -4.15. The zero-order chi connectivity index (χ0) is 16.6. The number of aromatic amines is 1. The summed E-state index contributed by atoms with van der Waals surface area (Å²) in [6.07, 6.45) is 0. The third-order valence-electron chi connectivity index (χ3n) is 3.37. The molecule has 6 nitrogen and oxygen atoms in total. The first-order chi connectivity index (χ1) is 10.9. The molecular formula is C15H11FN4O2S. The lowest BCUT2D eigenvalue weighted by atomic mass is 10.2. The van der Waals surface area contributed by atoms with E-state index < -0.39 is 20.7 Å². The van der Waals surface area contributed by atoms with Gasteiger partial charge in [-0.15, -0.1) is 0 Å². The third kappa shape index (κ3) is 2.62. The van der Waals surface area contributed by atoms with Crippen molar-refractivity contribution in [3.8, 4) is 6.07 Å². The van der Waals surface area contributed by atoms with E-state index in [-0.39, 0.29) is 11.3 Å². The second kappa shape index (κ2) is 5.37. The number of anilines is 1. The first kappa shape index (κ1) is 15.0. The Morgan fingerprint density at radius 3 is 2.83 bits per heavy atom. The number of nitrogens with zero attached hydrogens (tertiary/aromatic N) is 2. The molecule has 1 aromatic heterocycles. The molecule has 0 unspecified atom stereocenters. The van der Waals surface area contributed by atoms with Gasteiger partial charge in [-0.2, -0.15) is 10.4 Å². The van der Waals surface area contributed by atoms with Crippen LogP contribution in [0.4, 0.5) is 10.1 Å². The number of aromatic nitrogens is 2. The Hall–Kier alpha value is -2.92. The number of hydrogen-bond donors (Lipinski definition) is 2. The molecule has 0 aliphatic heterocycles. The molecule has 3 aromatic rings. The van der Waals surface area contributed by atoms with E-state index in [1.165, 1.54) is 12.1 Å². The van der Waals surface area contributed by atoms with Gasteiger partial charge in [0.25, 0.3) is 10.0 Å². The molecule has 3 rings (SSSR count). The molecule has 0 saturated carbocycles. The normalized spacial score (nSPS) is 11.3. The van der Waals surface area contributed by atoms with Crippen molar-refractivity contribution >= 4 is 26.6 Å². The molecule has 0 radical (unpaired) electrons. The summed E-state index contributed by atoms with van der Waals surface area (Å²) >= 11 is 0. The summed E-state index contributed by atoms with van der Waals surface area (Å²) in [6.45, 7) is 1.85. The molecule has 116 valence electrons. The number of H-pyrrole nitrogens is 1. The zero-order valence-electron chi connectivity index (χ0n) is 12.0. The number of rotatable bonds is 3. The fourth-order valence-electron chi connectivity index (χ4n) is 2.22. The Morgan fingerprint density at radius 2 is 2.09 bits per heavy atom. The van der Waals surface area contributed by atoms with Gasteiger partial charge >= 0.3 is 0 Å². The molecule has 0 atom stereocenters. The average Bonchev–Trinajstić information content (AvgIpc) is 2.87. The van der Waals surface area contributed by atoms with Gasteiger partial charge in [-0.25, -0.2) is 12.8 Å². The van der Waals surface area contributed by atoms with Crippen LogP contribution in [-0.2, 0) is 10.0 Å². The molecule has 0 aliphatic carbocycles. The fourth-order valence-corrected chi connectivity index (χ4v) is 3.37. The lowest BCUT2D eigenvalue weighted by Crippen LogP contribution is -2.15. The van der Waals surface area contributed by atoms with Gasteiger partial charge in [-0.1, -0.05) is 6.07 Å². The summed E-state index contributed by atoms with van der Waals surface area (Å²) in [5.74, 6) is -1.07.